The lowest BCUT2D eigenvalue weighted by molar-refractivity contribution is -0.0281. The standard InChI is InChI=1S/C19H23N7O.ClH/c1-25-17(7-9-22-25)26-19(23-18(24-26)14-4-2-3-8-20-14)13-5-6-16-15(12-13)21-10-11-27-16;/h2-4,7-9,13,15-16,21H,5-6,10-12H2,1H3;1H/t13-,15+,16+;/m0./s1. The van der Waals surface area contributed by atoms with E-state index in [9.17, 15) is 0 Å². The largest absolute Gasteiger partial charge is 0.375 e. The SMILES string of the molecule is Cl.Cn1nccc1-n1nc(-c2ccccn2)nc1[C@H]1CC[C@H]2OCCN[C@@H]2C1. The van der Waals surface area contributed by atoms with Gasteiger partial charge < -0.3 is 10.1 Å². The highest BCUT2D eigenvalue weighted by Crippen LogP contribution is 2.36. The Morgan fingerprint density at radius 3 is 2.89 bits per heavy atom. The van der Waals surface area contributed by atoms with Gasteiger partial charge in [-0.15, -0.1) is 17.5 Å². The molecule has 2 aliphatic rings. The second-order valence-corrected chi connectivity index (χ2v) is 7.21. The Kier molecular flexibility index (Phi) is 5.43. The van der Waals surface area contributed by atoms with E-state index < -0.39 is 0 Å². The van der Waals surface area contributed by atoms with E-state index in [2.05, 4.69) is 15.4 Å². The summed E-state index contributed by atoms with van der Waals surface area (Å²) in [6.07, 6.45) is 6.96. The number of hydrogen-bond acceptors (Lipinski definition) is 6. The zero-order valence-electron chi connectivity index (χ0n) is 15.7. The molecule has 0 unspecified atom stereocenters. The van der Waals surface area contributed by atoms with E-state index in [4.69, 9.17) is 14.8 Å². The lowest BCUT2D eigenvalue weighted by Crippen LogP contribution is -2.51. The summed E-state index contributed by atoms with van der Waals surface area (Å²) in [4.78, 5) is 9.34. The van der Waals surface area contributed by atoms with Crippen LogP contribution in [0.4, 0.5) is 0 Å². The van der Waals surface area contributed by atoms with Gasteiger partial charge in [-0.2, -0.15) is 9.78 Å². The molecule has 1 saturated carbocycles. The van der Waals surface area contributed by atoms with Crippen LogP contribution in [-0.4, -0.2) is 54.8 Å². The van der Waals surface area contributed by atoms with E-state index in [1.54, 1.807) is 12.4 Å². The molecular formula is C19H24ClN7O. The van der Waals surface area contributed by atoms with E-state index in [1.807, 2.05) is 40.7 Å². The quantitative estimate of drug-likeness (QED) is 0.723. The molecule has 8 nitrogen and oxygen atoms in total. The lowest BCUT2D eigenvalue weighted by Gasteiger charge is -2.39. The van der Waals surface area contributed by atoms with Crippen LogP contribution in [-0.2, 0) is 11.8 Å². The summed E-state index contributed by atoms with van der Waals surface area (Å²) in [5.41, 5.74) is 0.785. The van der Waals surface area contributed by atoms with Crippen molar-refractivity contribution in [3.05, 3.63) is 42.5 Å². The molecule has 0 spiro atoms. The van der Waals surface area contributed by atoms with Crippen molar-refractivity contribution in [1.82, 2.24) is 34.8 Å². The van der Waals surface area contributed by atoms with Crippen LogP contribution in [0.1, 0.15) is 31.0 Å². The van der Waals surface area contributed by atoms with Crippen LogP contribution in [0, 0.1) is 0 Å². The second kappa shape index (κ2) is 7.98. The van der Waals surface area contributed by atoms with Crippen molar-refractivity contribution in [2.75, 3.05) is 13.2 Å². The van der Waals surface area contributed by atoms with E-state index in [-0.39, 0.29) is 12.4 Å². The summed E-state index contributed by atoms with van der Waals surface area (Å²) in [5.74, 6) is 2.86. The third-order valence-corrected chi connectivity index (χ3v) is 5.53. The molecule has 9 heteroatoms. The van der Waals surface area contributed by atoms with Crippen LogP contribution in [0.15, 0.2) is 36.7 Å². The van der Waals surface area contributed by atoms with Gasteiger partial charge in [-0.3, -0.25) is 9.67 Å². The van der Waals surface area contributed by atoms with E-state index in [1.165, 1.54) is 0 Å². The predicted molar refractivity (Wildman–Crippen MR) is 107 cm³/mol. The number of ether oxygens (including phenoxy) is 1. The summed E-state index contributed by atoms with van der Waals surface area (Å²) >= 11 is 0. The number of fused-ring (bicyclic) bond motifs is 1. The smallest absolute Gasteiger partial charge is 0.200 e. The molecule has 1 saturated heterocycles. The fourth-order valence-corrected chi connectivity index (χ4v) is 4.18. The van der Waals surface area contributed by atoms with E-state index in [0.717, 1.165) is 49.8 Å². The monoisotopic (exact) mass is 401 g/mol. The fourth-order valence-electron chi connectivity index (χ4n) is 4.18. The van der Waals surface area contributed by atoms with Gasteiger partial charge in [-0.05, 0) is 31.4 Å². The highest BCUT2D eigenvalue weighted by molar-refractivity contribution is 5.85. The highest BCUT2D eigenvalue weighted by atomic mass is 35.5. The predicted octanol–water partition coefficient (Wildman–Crippen LogP) is 2.11. The number of aryl methyl sites for hydroxylation is 1. The minimum atomic E-state index is 0. The van der Waals surface area contributed by atoms with Gasteiger partial charge in [-0.25, -0.2) is 4.98 Å². The first-order chi connectivity index (χ1) is 13.3. The van der Waals surface area contributed by atoms with Gasteiger partial charge in [0.1, 0.15) is 11.5 Å². The molecule has 0 amide bonds. The summed E-state index contributed by atoms with van der Waals surface area (Å²) in [6.45, 7) is 1.72. The molecule has 0 radical (unpaired) electrons. The minimum Gasteiger partial charge on any atom is -0.375 e. The molecule has 148 valence electrons. The van der Waals surface area contributed by atoms with Crippen LogP contribution < -0.4 is 5.32 Å². The summed E-state index contributed by atoms with van der Waals surface area (Å²) < 4.78 is 9.70. The number of pyridine rings is 1. The molecule has 0 aromatic carbocycles. The van der Waals surface area contributed by atoms with Crippen LogP contribution in [0.3, 0.4) is 0 Å². The number of aromatic nitrogens is 6. The van der Waals surface area contributed by atoms with Crippen molar-refractivity contribution in [3.8, 4) is 17.3 Å². The molecule has 3 aromatic heterocycles. The number of hydrogen-bond donors (Lipinski definition) is 1. The number of nitrogens with zero attached hydrogens (tertiary/aromatic N) is 6. The van der Waals surface area contributed by atoms with Crippen LogP contribution in [0.5, 0.6) is 0 Å². The maximum atomic E-state index is 5.93. The number of rotatable bonds is 3. The first-order valence-corrected chi connectivity index (χ1v) is 9.51. The topological polar surface area (TPSA) is 82.7 Å². The van der Waals surface area contributed by atoms with Gasteiger partial charge >= 0.3 is 0 Å². The van der Waals surface area contributed by atoms with Gasteiger partial charge in [0.25, 0.3) is 0 Å². The first-order valence-electron chi connectivity index (χ1n) is 9.51. The summed E-state index contributed by atoms with van der Waals surface area (Å²) in [5, 5.41) is 12.7. The molecule has 1 N–H and O–H groups in total. The molecule has 3 atom stereocenters. The van der Waals surface area contributed by atoms with Crippen LogP contribution >= 0.6 is 12.4 Å². The van der Waals surface area contributed by atoms with Crippen molar-refractivity contribution < 1.29 is 4.74 Å². The Hall–Kier alpha value is -2.29. The highest BCUT2D eigenvalue weighted by Gasteiger charge is 2.36. The fraction of sp³-hybridized carbons (Fsp3) is 0.474. The van der Waals surface area contributed by atoms with Crippen LogP contribution in [0.2, 0.25) is 0 Å². The van der Waals surface area contributed by atoms with Gasteiger partial charge in [0.15, 0.2) is 5.82 Å². The molecule has 1 aliphatic heterocycles. The van der Waals surface area contributed by atoms with Gasteiger partial charge in [-0.1, -0.05) is 6.07 Å². The molecule has 4 heterocycles. The Balaban J connectivity index is 0.00000192. The number of nitrogens with one attached hydrogen (secondary N) is 1. The van der Waals surface area contributed by atoms with Crippen molar-refractivity contribution in [1.29, 1.82) is 0 Å². The van der Waals surface area contributed by atoms with Crippen molar-refractivity contribution >= 4 is 12.4 Å². The maximum absolute atomic E-state index is 5.93. The molecule has 3 aromatic rings. The lowest BCUT2D eigenvalue weighted by atomic mass is 9.82. The Morgan fingerprint density at radius 2 is 2.11 bits per heavy atom. The molecule has 28 heavy (non-hydrogen) atoms. The Bertz CT molecular complexity index is 926. The molecule has 2 fully saturated rings. The van der Waals surface area contributed by atoms with Gasteiger partial charge in [0.2, 0.25) is 5.82 Å². The summed E-state index contributed by atoms with van der Waals surface area (Å²) in [6, 6.07) is 8.15. The second-order valence-electron chi connectivity index (χ2n) is 7.21. The van der Waals surface area contributed by atoms with Crippen LogP contribution in [0.25, 0.3) is 17.3 Å². The first kappa shape index (κ1) is 19.0. The molecule has 0 bridgehead atoms. The van der Waals surface area contributed by atoms with Crippen molar-refractivity contribution in [3.63, 3.8) is 0 Å². The molecule has 1 aliphatic carbocycles. The average molecular weight is 402 g/mol. The summed E-state index contributed by atoms with van der Waals surface area (Å²) in [7, 11) is 1.93. The van der Waals surface area contributed by atoms with Gasteiger partial charge in [0, 0.05) is 37.8 Å². The normalized spacial score (nSPS) is 24.4. The number of halogens is 1. The molecule has 5 rings (SSSR count). The van der Waals surface area contributed by atoms with E-state index >= 15 is 0 Å². The number of morpholine rings is 1. The molecular weight excluding hydrogens is 378 g/mol. The minimum absolute atomic E-state index is 0. The van der Waals surface area contributed by atoms with Crippen molar-refractivity contribution in [2.24, 2.45) is 7.05 Å². The van der Waals surface area contributed by atoms with Crippen molar-refractivity contribution in [2.45, 2.75) is 37.3 Å². The zero-order valence-corrected chi connectivity index (χ0v) is 16.5. The third kappa shape index (κ3) is 3.43. The Labute approximate surface area is 169 Å². The zero-order chi connectivity index (χ0) is 18.2. The average Bonchev–Trinajstić information content (AvgIpc) is 3.34. The Morgan fingerprint density at radius 1 is 1.18 bits per heavy atom. The third-order valence-electron chi connectivity index (χ3n) is 5.53. The van der Waals surface area contributed by atoms with E-state index in [0.29, 0.717) is 23.9 Å². The maximum Gasteiger partial charge on any atom is 0.200 e. The van der Waals surface area contributed by atoms with Gasteiger partial charge in [0.05, 0.1) is 18.9 Å².